The normalized spacial score (nSPS) is 13.7. The SMILES string of the molecule is CN1CCc2c(n(-c3ccc(CCNC(=O)NS(=O)(=O)c4ccc(Cl)cc4)cc3)c3cc(S(C)(=O)=O)ccc23)C1=O. The van der Waals surface area contributed by atoms with Crippen LogP contribution in [-0.2, 0) is 32.7 Å². The van der Waals surface area contributed by atoms with E-state index in [0.717, 1.165) is 22.8 Å². The van der Waals surface area contributed by atoms with Gasteiger partial charge in [-0.1, -0.05) is 29.8 Å². The molecule has 0 unspecified atom stereocenters. The van der Waals surface area contributed by atoms with Crippen LogP contribution in [0.2, 0.25) is 5.02 Å². The van der Waals surface area contributed by atoms with Crippen molar-refractivity contribution < 1.29 is 26.4 Å². The molecule has 2 N–H and O–H groups in total. The number of sulfone groups is 1. The maximum atomic E-state index is 13.2. The first kappa shape index (κ1) is 28.7. The molecule has 0 atom stereocenters. The van der Waals surface area contributed by atoms with E-state index >= 15 is 0 Å². The van der Waals surface area contributed by atoms with Crippen molar-refractivity contribution in [2.75, 3.05) is 26.4 Å². The number of hydrogen-bond donors (Lipinski definition) is 2. The maximum absolute atomic E-state index is 13.2. The largest absolute Gasteiger partial charge is 0.340 e. The van der Waals surface area contributed by atoms with Crippen LogP contribution in [0.15, 0.2) is 76.5 Å². The zero-order valence-corrected chi connectivity index (χ0v) is 24.6. The lowest BCUT2D eigenvalue weighted by molar-refractivity contribution is 0.0773. The van der Waals surface area contributed by atoms with Crippen LogP contribution in [0.4, 0.5) is 4.79 Å². The molecule has 13 heteroatoms. The molecule has 0 bridgehead atoms. The number of hydrogen-bond acceptors (Lipinski definition) is 6. The summed E-state index contributed by atoms with van der Waals surface area (Å²) in [5.41, 5.74) is 3.58. The number of sulfonamides is 1. The first-order chi connectivity index (χ1) is 19.3. The number of likely N-dealkylation sites (N-methyl/N-ethyl adjacent to an activating group) is 1. The molecule has 1 aromatic heterocycles. The minimum Gasteiger partial charge on any atom is -0.340 e. The summed E-state index contributed by atoms with van der Waals surface area (Å²) < 4.78 is 53.1. The van der Waals surface area contributed by atoms with E-state index in [1.807, 2.05) is 29.0 Å². The van der Waals surface area contributed by atoms with Gasteiger partial charge in [0.05, 0.1) is 15.3 Å². The number of fused-ring (bicyclic) bond motifs is 3. The van der Waals surface area contributed by atoms with Crippen molar-refractivity contribution in [1.82, 2.24) is 19.5 Å². The third kappa shape index (κ3) is 5.81. The first-order valence-corrected chi connectivity index (χ1v) is 16.4. The highest BCUT2D eigenvalue weighted by molar-refractivity contribution is 7.90. The van der Waals surface area contributed by atoms with Gasteiger partial charge in [-0.25, -0.2) is 26.4 Å². The van der Waals surface area contributed by atoms with Gasteiger partial charge in [-0.2, -0.15) is 0 Å². The van der Waals surface area contributed by atoms with Crippen molar-refractivity contribution in [3.63, 3.8) is 0 Å². The molecule has 2 heterocycles. The lowest BCUT2D eigenvalue weighted by atomic mass is 10.0. The second-order valence-corrected chi connectivity index (χ2v) is 14.0. The fourth-order valence-electron chi connectivity index (χ4n) is 4.84. The number of aromatic nitrogens is 1. The summed E-state index contributed by atoms with van der Waals surface area (Å²) in [4.78, 5) is 27.2. The number of carbonyl (C=O) groups excluding carboxylic acids is 2. The number of nitrogens with zero attached hydrogens (tertiary/aromatic N) is 2. The lowest BCUT2D eigenvalue weighted by Crippen LogP contribution is -2.40. The van der Waals surface area contributed by atoms with Crippen LogP contribution in [-0.4, -0.2) is 64.6 Å². The Morgan fingerprint density at radius 3 is 2.27 bits per heavy atom. The molecule has 0 aliphatic carbocycles. The zero-order valence-electron chi connectivity index (χ0n) is 22.2. The van der Waals surface area contributed by atoms with Gasteiger partial charge < -0.3 is 14.8 Å². The topological polar surface area (TPSA) is 135 Å². The molecule has 214 valence electrons. The quantitative estimate of drug-likeness (QED) is 0.327. The van der Waals surface area contributed by atoms with E-state index in [1.165, 1.54) is 24.3 Å². The minimum atomic E-state index is -4.04. The number of rotatable bonds is 7. The third-order valence-corrected chi connectivity index (χ3v) is 9.67. The molecule has 41 heavy (non-hydrogen) atoms. The number of urea groups is 1. The Morgan fingerprint density at radius 1 is 0.951 bits per heavy atom. The van der Waals surface area contributed by atoms with Crippen LogP contribution in [0.3, 0.4) is 0 Å². The molecule has 3 aromatic carbocycles. The minimum absolute atomic E-state index is 0.0827. The Labute approximate surface area is 242 Å². The standard InChI is InChI=1S/C28H27ClN4O6S2/c1-32-16-14-24-23-12-11-22(40(2,36)37)17-25(23)33(26(24)27(32)34)20-7-3-18(4-8-20)13-15-30-28(35)31-41(38,39)21-9-5-19(29)6-10-21/h3-12,17H,13-16H2,1-2H3,(H2,30,31,35). The van der Waals surface area contributed by atoms with Crippen LogP contribution in [0.1, 0.15) is 21.6 Å². The Balaban J connectivity index is 1.35. The maximum Gasteiger partial charge on any atom is 0.328 e. The molecule has 1 aliphatic heterocycles. The fraction of sp³-hybridized carbons (Fsp3) is 0.214. The van der Waals surface area contributed by atoms with E-state index in [1.54, 1.807) is 34.7 Å². The van der Waals surface area contributed by atoms with Crippen molar-refractivity contribution in [3.8, 4) is 5.69 Å². The van der Waals surface area contributed by atoms with E-state index in [4.69, 9.17) is 11.6 Å². The number of carbonyl (C=O) groups is 2. The number of benzene rings is 3. The molecule has 0 fully saturated rings. The van der Waals surface area contributed by atoms with Crippen molar-refractivity contribution in [2.45, 2.75) is 22.6 Å². The summed E-state index contributed by atoms with van der Waals surface area (Å²) in [6, 6.07) is 16.9. The van der Waals surface area contributed by atoms with Gasteiger partial charge in [0.15, 0.2) is 9.84 Å². The average molecular weight is 615 g/mol. The predicted molar refractivity (Wildman–Crippen MR) is 156 cm³/mol. The van der Waals surface area contributed by atoms with Gasteiger partial charge in [0.1, 0.15) is 5.69 Å². The van der Waals surface area contributed by atoms with Gasteiger partial charge in [-0.15, -0.1) is 0 Å². The summed E-state index contributed by atoms with van der Waals surface area (Å²) in [6.07, 6.45) is 2.22. The van der Waals surface area contributed by atoms with Gasteiger partial charge in [0.2, 0.25) is 0 Å². The molecule has 3 amide bonds. The van der Waals surface area contributed by atoms with Crippen molar-refractivity contribution >= 4 is 54.3 Å². The molecule has 10 nitrogen and oxygen atoms in total. The van der Waals surface area contributed by atoms with Gasteiger partial charge in [-0.05, 0) is 72.5 Å². The monoisotopic (exact) mass is 614 g/mol. The Kier molecular flexibility index (Phi) is 7.58. The van der Waals surface area contributed by atoms with Gasteiger partial charge >= 0.3 is 6.03 Å². The van der Waals surface area contributed by atoms with Crippen LogP contribution < -0.4 is 10.0 Å². The van der Waals surface area contributed by atoms with Crippen LogP contribution in [0.5, 0.6) is 0 Å². The van der Waals surface area contributed by atoms with Gasteiger partial charge in [-0.3, -0.25) is 4.79 Å². The lowest BCUT2D eigenvalue weighted by Gasteiger charge is -2.24. The molecule has 0 spiro atoms. The van der Waals surface area contributed by atoms with E-state index in [9.17, 15) is 26.4 Å². The number of nitrogens with one attached hydrogen (secondary N) is 2. The second kappa shape index (κ2) is 10.8. The summed E-state index contributed by atoms with van der Waals surface area (Å²) in [5.74, 6) is -0.142. The number of halogens is 1. The van der Waals surface area contributed by atoms with Gasteiger partial charge in [0.25, 0.3) is 15.9 Å². The second-order valence-electron chi connectivity index (χ2n) is 9.82. The Bertz CT molecular complexity index is 1880. The number of amides is 3. The first-order valence-electron chi connectivity index (χ1n) is 12.6. The summed E-state index contributed by atoms with van der Waals surface area (Å²) in [6.45, 7) is 0.740. The summed E-state index contributed by atoms with van der Waals surface area (Å²) >= 11 is 5.79. The van der Waals surface area contributed by atoms with E-state index in [-0.39, 0.29) is 22.2 Å². The van der Waals surface area contributed by atoms with Crippen molar-refractivity contribution in [3.05, 3.63) is 88.6 Å². The molecular weight excluding hydrogens is 588 g/mol. The van der Waals surface area contributed by atoms with Crippen LogP contribution in [0.25, 0.3) is 16.6 Å². The molecule has 1 aliphatic rings. The summed E-state index contributed by atoms with van der Waals surface area (Å²) in [5, 5.41) is 3.75. The average Bonchev–Trinajstić information content (AvgIpc) is 3.25. The molecule has 0 saturated heterocycles. The summed E-state index contributed by atoms with van der Waals surface area (Å²) in [7, 11) is -5.77. The Hall–Kier alpha value is -3.87. The predicted octanol–water partition coefficient (Wildman–Crippen LogP) is 3.55. The molecular formula is C28H27ClN4O6S2. The van der Waals surface area contributed by atoms with Crippen LogP contribution >= 0.6 is 11.6 Å². The zero-order chi connectivity index (χ0) is 29.5. The van der Waals surface area contributed by atoms with E-state index in [2.05, 4.69) is 5.32 Å². The molecule has 4 aromatic rings. The highest BCUT2D eigenvalue weighted by atomic mass is 35.5. The van der Waals surface area contributed by atoms with Gasteiger partial charge in [0, 0.05) is 42.5 Å². The van der Waals surface area contributed by atoms with E-state index < -0.39 is 25.9 Å². The molecule has 5 rings (SSSR count). The fourth-order valence-corrected chi connectivity index (χ4v) is 6.53. The molecule has 0 radical (unpaired) electrons. The Morgan fingerprint density at radius 2 is 1.61 bits per heavy atom. The highest BCUT2D eigenvalue weighted by Crippen LogP contribution is 2.34. The van der Waals surface area contributed by atoms with Crippen molar-refractivity contribution in [1.29, 1.82) is 0 Å². The van der Waals surface area contributed by atoms with Crippen LogP contribution in [0, 0.1) is 0 Å². The highest BCUT2D eigenvalue weighted by Gasteiger charge is 2.30. The van der Waals surface area contributed by atoms with E-state index in [0.29, 0.717) is 41.3 Å². The molecule has 0 saturated carbocycles. The third-order valence-electron chi connectivity index (χ3n) is 6.96. The smallest absolute Gasteiger partial charge is 0.328 e. The van der Waals surface area contributed by atoms with Crippen molar-refractivity contribution in [2.24, 2.45) is 0 Å².